The van der Waals surface area contributed by atoms with E-state index >= 15 is 0 Å². The van der Waals surface area contributed by atoms with Crippen LogP contribution in [0.4, 0.5) is 5.69 Å². The van der Waals surface area contributed by atoms with Gasteiger partial charge >= 0.3 is 5.97 Å². The first-order valence-corrected chi connectivity index (χ1v) is 5.52. The molecule has 1 aliphatic rings. The van der Waals surface area contributed by atoms with Gasteiger partial charge in [-0.25, -0.2) is 4.79 Å². The number of carbonyl (C=O) groups excluding carboxylic acids is 1. The molecule has 2 rings (SSSR count). The van der Waals surface area contributed by atoms with E-state index in [-0.39, 0.29) is 18.1 Å². The van der Waals surface area contributed by atoms with Gasteiger partial charge in [-0.2, -0.15) is 0 Å². The predicted molar refractivity (Wildman–Crippen MR) is 62.9 cm³/mol. The second-order valence-electron chi connectivity index (χ2n) is 3.70. The Hall–Kier alpha value is -2.57. The van der Waals surface area contributed by atoms with Gasteiger partial charge in [-0.1, -0.05) is 0 Å². The number of nitro benzene ring substituents is 1. The summed E-state index contributed by atoms with van der Waals surface area (Å²) in [4.78, 5) is 21.5. The van der Waals surface area contributed by atoms with Crippen LogP contribution in [0.15, 0.2) is 36.3 Å². The van der Waals surface area contributed by atoms with Crippen molar-refractivity contribution in [2.24, 2.45) is 0 Å². The highest BCUT2D eigenvalue weighted by atomic mass is 16.6. The van der Waals surface area contributed by atoms with Crippen LogP contribution in [0.1, 0.15) is 5.56 Å². The summed E-state index contributed by atoms with van der Waals surface area (Å²) in [6, 6.07) is 5.75. The molecule has 0 saturated carbocycles. The maximum Gasteiger partial charge on any atom is 0.377 e. The molecule has 0 bridgehead atoms. The highest BCUT2D eigenvalue weighted by Crippen LogP contribution is 2.13. The summed E-state index contributed by atoms with van der Waals surface area (Å²) < 4.78 is 15.0. The minimum atomic E-state index is -0.627. The molecule has 0 radical (unpaired) electrons. The first kappa shape index (κ1) is 12.9. The van der Waals surface area contributed by atoms with E-state index in [0.29, 0.717) is 18.8 Å². The van der Waals surface area contributed by atoms with Crippen LogP contribution in [0, 0.1) is 10.1 Å². The Morgan fingerprint density at radius 3 is 2.63 bits per heavy atom. The van der Waals surface area contributed by atoms with Crippen LogP contribution in [0.3, 0.4) is 0 Å². The zero-order valence-corrected chi connectivity index (χ0v) is 9.90. The predicted octanol–water partition coefficient (Wildman–Crippen LogP) is 1.53. The van der Waals surface area contributed by atoms with Crippen molar-refractivity contribution in [2.75, 3.05) is 13.2 Å². The van der Waals surface area contributed by atoms with Gasteiger partial charge in [-0.15, -0.1) is 0 Å². The third kappa shape index (κ3) is 3.44. The number of hydrogen-bond acceptors (Lipinski definition) is 6. The smallest absolute Gasteiger partial charge is 0.377 e. The fourth-order valence-corrected chi connectivity index (χ4v) is 1.41. The number of benzene rings is 1. The van der Waals surface area contributed by atoms with E-state index in [0.717, 1.165) is 0 Å². The number of rotatable bonds is 4. The SMILES string of the molecule is O=C(OCc1ccc([N+](=O)[O-])cc1)C1=COCCO1. The molecule has 1 aliphatic heterocycles. The van der Waals surface area contributed by atoms with Gasteiger partial charge in [-0.05, 0) is 17.7 Å². The van der Waals surface area contributed by atoms with E-state index < -0.39 is 10.9 Å². The Morgan fingerprint density at radius 2 is 2.05 bits per heavy atom. The summed E-state index contributed by atoms with van der Waals surface area (Å²) in [6.07, 6.45) is 1.21. The van der Waals surface area contributed by atoms with Crippen LogP contribution in [-0.4, -0.2) is 24.1 Å². The molecule has 0 amide bonds. The third-order valence-corrected chi connectivity index (χ3v) is 2.37. The monoisotopic (exact) mass is 265 g/mol. The molecule has 1 heterocycles. The Balaban J connectivity index is 1.89. The highest BCUT2D eigenvalue weighted by molar-refractivity contribution is 5.86. The van der Waals surface area contributed by atoms with Crippen LogP contribution in [-0.2, 0) is 25.6 Å². The molecule has 0 saturated heterocycles. The second kappa shape index (κ2) is 5.85. The molecule has 0 fully saturated rings. The van der Waals surface area contributed by atoms with E-state index in [4.69, 9.17) is 14.2 Å². The van der Waals surface area contributed by atoms with E-state index in [1.165, 1.54) is 30.5 Å². The molecule has 1 aromatic carbocycles. The van der Waals surface area contributed by atoms with E-state index in [1.54, 1.807) is 0 Å². The lowest BCUT2D eigenvalue weighted by molar-refractivity contribution is -0.384. The molecule has 19 heavy (non-hydrogen) atoms. The second-order valence-corrected chi connectivity index (χ2v) is 3.70. The minimum Gasteiger partial charge on any atom is -0.493 e. The van der Waals surface area contributed by atoms with E-state index in [9.17, 15) is 14.9 Å². The summed E-state index contributed by atoms with van der Waals surface area (Å²) in [5, 5.41) is 10.5. The number of ether oxygens (including phenoxy) is 3. The summed E-state index contributed by atoms with van der Waals surface area (Å²) >= 11 is 0. The highest BCUT2D eigenvalue weighted by Gasteiger charge is 2.16. The molecule has 7 heteroatoms. The van der Waals surface area contributed by atoms with Gasteiger partial charge in [0.15, 0.2) is 0 Å². The molecular formula is C12H11NO6. The summed E-state index contributed by atoms with van der Waals surface area (Å²) in [7, 11) is 0. The molecule has 0 N–H and O–H groups in total. The van der Waals surface area contributed by atoms with Gasteiger partial charge in [0.05, 0.1) is 4.92 Å². The zero-order valence-electron chi connectivity index (χ0n) is 9.90. The first-order chi connectivity index (χ1) is 9.16. The molecule has 100 valence electrons. The van der Waals surface area contributed by atoms with Gasteiger partial charge in [0.1, 0.15) is 26.1 Å². The van der Waals surface area contributed by atoms with Crippen molar-refractivity contribution < 1.29 is 23.9 Å². The minimum absolute atomic E-state index is 0.0114. The number of non-ortho nitro benzene ring substituents is 1. The normalized spacial score (nSPS) is 13.8. The van der Waals surface area contributed by atoms with Gasteiger partial charge in [-0.3, -0.25) is 10.1 Å². The van der Waals surface area contributed by atoms with Crippen LogP contribution in [0.25, 0.3) is 0 Å². The molecule has 0 aromatic heterocycles. The van der Waals surface area contributed by atoms with Crippen LogP contribution >= 0.6 is 0 Å². The standard InChI is InChI=1S/C12H11NO6/c14-12(11-8-17-5-6-18-11)19-7-9-1-3-10(4-2-9)13(15)16/h1-4,8H,5-7H2. The van der Waals surface area contributed by atoms with Crippen LogP contribution in [0.2, 0.25) is 0 Å². The Labute approximate surface area is 108 Å². The summed E-state index contributed by atoms with van der Waals surface area (Å²) in [5.41, 5.74) is 0.637. The molecule has 0 unspecified atom stereocenters. The van der Waals surface area contributed by atoms with Crippen molar-refractivity contribution in [1.29, 1.82) is 0 Å². The fraction of sp³-hybridized carbons (Fsp3) is 0.250. The van der Waals surface area contributed by atoms with Crippen molar-refractivity contribution in [1.82, 2.24) is 0 Å². The van der Waals surface area contributed by atoms with Crippen LogP contribution < -0.4 is 0 Å². The summed E-state index contributed by atoms with van der Waals surface area (Å²) in [6.45, 7) is 0.717. The number of nitrogens with zero attached hydrogens (tertiary/aromatic N) is 1. The van der Waals surface area contributed by atoms with Gasteiger partial charge in [0.2, 0.25) is 5.76 Å². The Morgan fingerprint density at radius 1 is 1.32 bits per heavy atom. The Kier molecular flexibility index (Phi) is 3.97. The largest absolute Gasteiger partial charge is 0.493 e. The third-order valence-electron chi connectivity index (χ3n) is 2.37. The van der Waals surface area contributed by atoms with Crippen molar-refractivity contribution in [2.45, 2.75) is 6.61 Å². The molecule has 0 spiro atoms. The maximum atomic E-state index is 11.5. The molecule has 0 atom stereocenters. The summed E-state index contributed by atoms with van der Waals surface area (Å²) in [5.74, 6) is -0.605. The average molecular weight is 265 g/mol. The number of esters is 1. The number of nitro groups is 1. The zero-order chi connectivity index (χ0) is 13.7. The van der Waals surface area contributed by atoms with Crippen molar-refractivity contribution >= 4 is 11.7 Å². The van der Waals surface area contributed by atoms with Crippen molar-refractivity contribution in [3.63, 3.8) is 0 Å². The average Bonchev–Trinajstić information content (AvgIpc) is 2.46. The van der Waals surface area contributed by atoms with E-state index in [2.05, 4.69) is 0 Å². The lowest BCUT2D eigenvalue weighted by Gasteiger charge is -2.14. The first-order valence-electron chi connectivity index (χ1n) is 5.52. The molecule has 0 aliphatic carbocycles. The van der Waals surface area contributed by atoms with Gasteiger partial charge in [0, 0.05) is 12.1 Å². The quantitative estimate of drug-likeness (QED) is 0.466. The fourth-order valence-electron chi connectivity index (χ4n) is 1.41. The topological polar surface area (TPSA) is 87.9 Å². The number of carbonyl (C=O) groups is 1. The molecule has 1 aromatic rings. The van der Waals surface area contributed by atoms with Crippen molar-refractivity contribution in [3.05, 3.63) is 52.0 Å². The van der Waals surface area contributed by atoms with Gasteiger partial charge in [0.25, 0.3) is 5.69 Å². The lowest BCUT2D eigenvalue weighted by Crippen LogP contribution is -2.17. The maximum absolute atomic E-state index is 11.5. The Bertz CT molecular complexity index is 507. The lowest BCUT2D eigenvalue weighted by atomic mass is 10.2. The number of hydrogen-bond donors (Lipinski definition) is 0. The van der Waals surface area contributed by atoms with Gasteiger partial charge < -0.3 is 14.2 Å². The molecular weight excluding hydrogens is 254 g/mol. The van der Waals surface area contributed by atoms with E-state index in [1.807, 2.05) is 0 Å². The van der Waals surface area contributed by atoms with Crippen molar-refractivity contribution in [3.8, 4) is 0 Å². The molecule has 7 nitrogen and oxygen atoms in total. The van der Waals surface area contributed by atoms with Crippen LogP contribution in [0.5, 0.6) is 0 Å².